The molecule has 1 aromatic rings. The van der Waals surface area contributed by atoms with Crippen LogP contribution in [0.2, 0.25) is 5.02 Å². The maximum absolute atomic E-state index is 5.83. The van der Waals surface area contributed by atoms with E-state index in [1.165, 1.54) is 0 Å². The van der Waals surface area contributed by atoms with E-state index in [2.05, 4.69) is 12.0 Å². The third kappa shape index (κ3) is 1.65. The number of anilines is 1. The minimum Gasteiger partial charge on any atom is -0.383 e. The fourth-order valence-electron chi connectivity index (χ4n) is 1.61. The molecule has 1 aliphatic heterocycles. The predicted octanol–water partition coefficient (Wildman–Crippen LogP) is 2.19. The molecule has 2 rings (SSSR count). The van der Waals surface area contributed by atoms with Crippen LogP contribution in [0.5, 0.6) is 0 Å². The summed E-state index contributed by atoms with van der Waals surface area (Å²) in [6, 6.07) is 0.424. The molecule has 1 fully saturated rings. The van der Waals surface area contributed by atoms with Crippen molar-refractivity contribution in [3.63, 3.8) is 0 Å². The molecule has 0 saturated carbocycles. The highest BCUT2D eigenvalue weighted by molar-refractivity contribution is 8.00. The van der Waals surface area contributed by atoms with Crippen LogP contribution in [-0.2, 0) is 0 Å². The van der Waals surface area contributed by atoms with Gasteiger partial charge in [0.05, 0.1) is 12.2 Å². The summed E-state index contributed by atoms with van der Waals surface area (Å²) in [5.41, 5.74) is 5.79. The van der Waals surface area contributed by atoms with Crippen LogP contribution in [0.4, 0.5) is 5.82 Å². The summed E-state index contributed by atoms with van der Waals surface area (Å²) < 4.78 is 1.85. The van der Waals surface area contributed by atoms with Crippen molar-refractivity contribution in [3.05, 3.63) is 11.2 Å². The molecule has 2 unspecified atom stereocenters. The first kappa shape index (κ1) is 9.21. The maximum Gasteiger partial charge on any atom is 0.140 e. The van der Waals surface area contributed by atoms with E-state index in [4.69, 9.17) is 17.3 Å². The van der Waals surface area contributed by atoms with Crippen LogP contribution in [0.15, 0.2) is 6.20 Å². The quantitative estimate of drug-likeness (QED) is 0.784. The van der Waals surface area contributed by atoms with E-state index in [-0.39, 0.29) is 0 Å². The molecule has 1 aliphatic rings. The predicted molar refractivity (Wildman–Crippen MR) is 57.2 cm³/mol. The zero-order valence-electron chi connectivity index (χ0n) is 7.40. The molecule has 0 aliphatic carbocycles. The minimum absolute atomic E-state index is 0.424. The van der Waals surface area contributed by atoms with Crippen molar-refractivity contribution in [1.82, 2.24) is 9.78 Å². The third-order valence-electron chi connectivity index (χ3n) is 2.31. The second kappa shape index (κ2) is 3.42. The number of nitrogens with two attached hydrogens (primary N) is 1. The van der Waals surface area contributed by atoms with Crippen LogP contribution >= 0.6 is 23.4 Å². The molecule has 0 bridgehead atoms. The van der Waals surface area contributed by atoms with E-state index in [9.17, 15) is 0 Å². The number of nitrogens with zero attached hydrogens (tertiary/aromatic N) is 2. The van der Waals surface area contributed by atoms with E-state index in [1.54, 1.807) is 6.20 Å². The highest BCUT2D eigenvalue weighted by Gasteiger charge is 2.25. The van der Waals surface area contributed by atoms with Gasteiger partial charge < -0.3 is 5.73 Å². The van der Waals surface area contributed by atoms with Crippen molar-refractivity contribution in [2.24, 2.45) is 0 Å². The molecule has 2 heterocycles. The summed E-state index contributed by atoms with van der Waals surface area (Å²) in [5.74, 6) is 1.69. The van der Waals surface area contributed by atoms with Gasteiger partial charge in [0, 0.05) is 11.0 Å². The zero-order valence-corrected chi connectivity index (χ0v) is 8.98. The van der Waals surface area contributed by atoms with Gasteiger partial charge in [-0.25, -0.2) is 4.68 Å². The SMILES string of the molecule is CC1CC(n2ncc(Cl)c2N)CS1. The molecule has 72 valence electrons. The van der Waals surface area contributed by atoms with Crippen molar-refractivity contribution in [1.29, 1.82) is 0 Å². The van der Waals surface area contributed by atoms with E-state index in [0.29, 0.717) is 22.1 Å². The smallest absolute Gasteiger partial charge is 0.140 e. The zero-order chi connectivity index (χ0) is 9.42. The molecule has 3 nitrogen and oxygen atoms in total. The van der Waals surface area contributed by atoms with Crippen LogP contribution in [0.25, 0.3) is 0 Å². The second-order valence-electron chi connectivity index (χ2n) is 3.36. The molecule has 0 radical (unpaired) electrons. The number of hydrogen-bond acceptors (Lipinski definition) is 3. The Kier molecular flexibility index (Phi) is 2.43. The van der Waals surface area contributed by atoms with E-state index < -0.39 is 0 Å². The van der Waals surface area contributed by atoms with Crippen LogP contribution in [0.1, 0.15) is 19.4 Å². The van der Waals surface area contributed by atoms with E-state index in [1.807, 2.05) is 16.4 Å². The first-order valence-electron chi connectivity index (χ1n) is 4.28. The van der Waals surface area contributed by atoms with Gasteiger partial charge in [-0.2, -0.15) is 16.9 Å². The van der Waals surface area contributed by atoms with Gasteiger partial charge in [0.1, 0.15) is 10.8 Å². The van der Waals surface area contributed by atoms with Gasteiger partial charge in [-0.1, -0.05) is 18.5 Å². The Morgan fingerprint density at radius 2 is 2.54 bits per heavy atom. The largest absolute Gasteiger partial charge is 0.383 e. The lowest BCUT2D eigenvalue weighted by molar-refractivity contribution is 0.491. The van der Waals surface area contributed by atoms with Crippen molar-refractivity contribution >= 4 is 29.2 Å². The molecular formula is C8H12ClN3S. The molecule has 2 atom stereocenters. The highest BCUT2D eigenvalue weighted by Crippen LogP contribution is 2.36. The van der Waals surface area contributed by atoms with E-state index in [0.717, 1.165) is 12.2 Å². The number of hydrogen-bond donors (Lipinski definition) is 1. The fraction of sp³-hybridized carbons (Fsp3) is 0.625. The van der Waals surface area contributed by atoms with E-state index >= 15 is 0 Å². The van der Waals surface area contributed by atoms with Crippen molar-refractivity contribution < 1.29 is 0 Å². The Bertz CT molecular complexity index is 312. The van der Waals surface area contributed by atoms with Gasteiger partial charge in [-0.15, -0.1) is 0 Å². The molecule has 13 heavy (non-hydrogen) atoms. The van der Waals surface area contributed by atoms with Gasteiger partial charge in [-0.05, 0) is 6.42 Å². The molecule has 0 spiro atoms. The monoisotopic (exact) mass is 217 g/mol. The first-order valence-corrected chi connectivity index (χ1v) is 5.71. The molecule has 0 amide bonds. The van der Waals surface area contributed by atoms with Crippen LogP contribution in [-0.4, -0.2) is 20.8 Å². The van der Waals surface area contributed by atoms with Crippen LogP contribution in [0.3, 0.4) is 0 Å². The summed E-state index contributed by atoms with van der Waals surface area (Å²) in [4.78, 5) is 0. The fourth-order valence-corrected chi connectivity index (χ4v) is 2.92. The lowest BCUT2D eigenvalue weighted by atomic mass is 10.2. The summed E-state index contributed by atoms with van der Waals surface area (Å²) in [6.07, 6.45) is 2.75. The lowest BCUT2D eigenvalue weighted by Gasteiger charge is -2.10. The summed E-state index contributed by atoms with van der Waals surface area (Å²) in [7, 11) is 0. The minimum atomic E-state index is 0.424. The third-order valence-corrected chi connectivity index (χ3v) is 3.94. The van der Waals surface area contributed by atoms with Gasteiger partial charge in [0.15, 0.2) is 0 Å². The molecule has 2 N–H and O–H groups in total. The lowest BCUT2D eigenvalue weighted by Crippen LogP contribution is -2.12. The Labute approximate surface area is 86.6 Å². The Morgan fingerprint density at radius 3 is 3.00 bits per heavy atom. The highest BCUT2D eigenvalue weighted by atomic mass is 35.5. The molecule has 1 aromatic heterocycles. The van der Waals surface area contributed by atoms with Crippen molar-refractivity contribution in [2.75, 3.05) is 11.5 Å². The number of aromatic nitrogens is 2. The number of nitrogen functional groups attached to an aromatic ring is 1. The summed E-state index contributed by atoms with van der Waals surface area (Å²) in [5, 5.41) is 5.44. The Hall–Kier alpha value is -0.350. The second-order valence-corrected chi connectivity index (χ2v) is 5.23. The Balaban J connectivity index is 2.21. The maximum atomic E-state index is 5.83. The van der Waals surface area contributed by atoms with Gasteiger partial charge in [0.2, 0.25) is 0 Å². The first-order chi connectivity index (χ1) is 6.18. The average molecular weight is 218 g/mol. The van der Waals surface area contributed by atoms with Crippen molar-refractivity contribution in [3.8, 4) is 0 Å². The van der Waals surface area contributed by atoms with Gasteiger partial charge >= 0.3 is 0 Å². The molecule has 5 heteroatoms. The standard InChI is InChI=1S/C8H12ClN3S/c1-5-2-6(4-13-5)12-8(10)7(9)3-11-12/h3,5-6H,2,4,10H2,1H3. The number of rotatable bonds is 1. The van der Waals surface area contributed by atoms with Gasteiger partial charge in [0.25, 0.3) is 0 Å². The molecule has 1 saturated heterocycles. The topological polar surface area (TPSA) is 43.8 Å². The normalized spacial score (nSPS) is 28.2. The molecule has 0 aromatic carbocycles. The number of halogens is 1. The molecular weight excluding hydrogens is 206 g/mol. The average Bonchev–Trinajstić information content (AvgIpc) is 2.62. The van der Waals surface area contributed by atoms with Crippen LogP contribution < -0.4 is 5.73 Å². The Morgan fingerprint density at radius 1 is 1.77 bits per heavy atom. The summed E-state index contributed by atoms with van der Waals surface area (Å²) in [6.45, 7) is 2.23. The number of thioether (sulfide) groups is 1. The summed E-state index contributed by atoms with van der Waals surface area (Å²) >= 11 is 7.79. The van der Waals surface area contributed by atoms with Crippen LogP contribution in [0, 0.1) is 0 Å². The van der Waals surface area contributed by atoms with Gasteiger partial charge in [-0.3, -0.25) is 0 Å². The van der Waals surface area contributed by atoms with Crippen molar-refractivity contribution in [2.45, 2.75) is 24.6 Å².